The molecule has 0 saturated heterocycles. The van der Waals surface area contributed by atoms with Crippen LogP contribution in [0.15, 0.2) is 12.7 Å². The molecule has 0 heterocycles. The number of nitrogens with two attached hydrogens (primary N) is 1. The molecule has 0 rings (SSSR count). The molecule has 0 fully saturated rings. The standard InChI is InChI=1S/C3H6ClNO3/c1-2-3(5)8-4(6)7/h2-3H,1,5H2. The minimum Gasteiger partial charge on any atom is -0.320 e. The third-order valence-corrected chi connectivity index (χ3v) is 0.759. The highest BCUT2D eigenvalue weighted by atomic mass is 35.6. The first-order chi connectivity index (χ1) is 3.66. The summed E-state index contributed by atoms with van der Waals surface area (Å²) in [4.78, 5) is 0. The van der Waals surface area contributed by atoms with Gasteiger partial charge in [0.15, 0.2) is 0 Å². The summed E-state index contributed by atoms with van der Waals surface area (Å²) in [5.74, 6) is 0. The van der Waals surface area contributed by atoms with Crippen LogP contribution in [0.5, 0.6) is 0 Å². The number of rotatable bonds is 3. The Kier molecular flexibility index (Phi) is 3.76. The van der Waals surface area contributed by atoms with E-state index < -0.39 is 17.0 Å². The van der Waals surface area contributed by atoms with Crippen molar-refractivity contribution in [2.75, 3.05) is 0 Å². The molecule has 4 nitrogen and oxygen atoms in total. The molecular weight excluding hydrogens is 133 g/mol. The first kappa shape index (κ1) is 7.87. The second-order valence-electron chi connectivity index (χ2n) is 0.978. The van der Waals surface area contributed by atoms with Crippen molar-refractivity contribution in [3.8, 4) is 0 Å². The fraction of sp³-hybridized carbons (Fsp3) is 0.333. The third kappa shape index (κ3) is 4.04. The fourth-order valence-corrected chi connectivity index (χ4v) is 0.361. The van der Waals surface area contributed by atoms with Gasteiger partial charge in [-0.3, -0.25) is 5.73 Å². The summed E-state index contributed by atoms with van der Waals surface area (Å²) in [6.07, 6.45) is 0.228. The smallest absolute Gasteiger partial charge is 0.288 e. The van der Waals surface area contributed by atoms with Crippen LogP contribution in [-0.4, -0.2) is 6.23 Å². The molecule has 0 saturated carbocycles. The maximum Gasteiger partial charge on any atom is 0.288 e. The topological polar surface area (TPSA) is 81.4 Å². The summed E-state index contributed by atoms with van der Waals surface area (Å²) < 4.78 is 23.1. The van der Waals surface area contributed by atoms with E-state index in [1.165, 1.54) is 6.08 Å². The van der Waals surface area contributed by atoms with Gasteiger partial charge in [-0.15, -0.1) is 0 Å². The van der Waals surface area contributed by atoms with Gasteiger partial charge in [0.05, 0.1) is 0 Å². The molecule has 0 aromatic rings. The lowest BCUT2D eigenvalue weighted by molar-refractivity contribution is -1.63. The monoisotopic (exact) mass is 139 g/mol. The Balaban J connectivity index is 3.23. The van der Waals surface area contributed by atoms with Crippen LogP contribution in [0.1, 0.15) is 0 Å². The zero-order valence-corrected chi connectivity index (χ0v) is 4.80. The highest BCUT2D eigenvalue weighted by molar-refractivity contribution is 4.71. The highest BCUT2D eigenvalue weighted by Gasteiger charge is 2.11. The van der Waals surface area contributed by atoms with Crippen LogP contribution in [0.3, 0.4) is 0 Å². The molecule has 0 bridgehead atoms. The first-order valence-corrected chi connectivity index (χ1v) is 2.70. The van der Waals surface area contributed by atoms with E-state index in [0.717, 1.165) is 0 Å². The van der Waals surface area contributed by atoms with Gasteiger partial charge in [-0.2, -0.15) is 0 Å². The van der Waals surface area contributed by atoms with Crippen LogP contribution in [0.4, 0.5) is 0 Å². The van der Waals surface area contributed by atoms with Gasteiger partial charge in [-0.25, -0.2) is 0 Å². The average molecular weight is 140 g/mol. The van der Waals surface area contributed by atoms with E-state index in [-0.39, 0.29) is 0 Å². The van der Waals surface area contributed by atoms with Crippen molar-refractivity contribution >= 4 is 0 Å². The molecule has 0 spiro atoms. The summed E-state index contributed by atoms with van der Waals surface area (Å²) in [5.41, 5.74) is 4.93. The van der Waals surface area contributed by atoms with Crippen LogP contribution in [0, 0.1) is 10.8 Å². The molecule has 0 amide bonds. The summed E-state index contributed by atoms with van der Waals surface area (Å²) in [6.45, 7) is 3.18. The van der Waals surface area contributed by atoms with E-state index >= 15 is 0 Å². The van der Waals surface area contributed by atoms with E-state index in [9.17, 15) is 9.32 Å². The molecule has 5 heteroatoms. The fourth-order valence-electron chi connectivity index (χ4n) is 0.120. The van der Waals surface area contributed by atoms with Gasteiger partial charge in [0.2, 0.25) is 6.23 Å². The van der Waals surface area contributed by atoms with E-state index in [4.69, 9.17) is 5.73 Å². The number of halogens is 1. The lowest BCUT2D eigenvalue weighted by Crippen LogP contribution is -2.39. The Morgan fingerprint density at radius 3 is 2.38 bits per heavy atom. The molecule has 0 aromatic carbocycles. The van der Waals surface area contributed by atoms with E-state index in [1.807, 2.05) is 0 Å². The molecule has 0 radical (unpaired) electrons. The molecule has 8 heavy (non-hydrogen) atoms. The van der Waals surface area contributed by atoms with E-state index in [0.29, 0.717) is 0 Å². The minimum absolute atomic E-state index is 0.939. The molecule has 48 valence electrons. The van der Waals surface area contributed by atoms with Gasteiger partial charge in [0.1, 0.15) is 0 Å². The molecule has 0 aliphatic carbocycles. The lowest BCUT2D eigenvalue weighted by atomic mass is 10.6. The van der Waals surface area contributed by atoms with Gasteiger partial charge in [-0.05, 0) is 6.08 Å². The quantitative estimate of drug-likeness (QED) is 0.348. The maximum absolute atomic E-state index is 9.58. The zero-order chi connectivity index (χ0) is 6.57. The summed E-state index contributed by atoms with van der Waals surface area (Å²) in [7, 11) is -2.24. The second-order valence-corrected chi connectivity index (χ2v) is 1.53. The van der Waals surface area contributed by atoms with Crippen molar-refractivity contribution in [3.05, 3.63) is 12.7 Å². The molecule has 0 aliphatic heterocycles. The molecule has 0 aromatic heterocycles. The largest absolute Gasteiger partial charge is 0.320 e. The van der Waals surface area contributed by atoms with Crippen molar-refractivity contribution in [2.24, 2.45) is 5.73 Å². The van der Waals surface area contributed by atoms with E-state index in [2.05, 4.69) is 10.9 Å². The van der Waals surface area contributed by atoms with Crippen LogP contribution in [0.2, 0.25) is 0 Å². The Morgan fingerprint density at radius 2 is 2.25 bits per heavy atom. The Hall–Kier alpha value is -0.130. The van der Waals surface area contributed by atoms with Crippen LogP contribution < -0.4 is 15.1 Å². The van der Waals surface area contributed by atoms with Gasteiger partial charge < -0.3 is 9.32 Å². The van der Waals surface area contributed by atoms with E-state index in [1.54, 1.807) is 0 Å². The highest BCUT2D eigenvalue weighted by Crippen LogP contribution is 1.83. The summed E-state index contributed by atoms with van der Waals surface area (Å²) >= 11 is 0. The van der Waals surface area contributed by atoms with Crippen LogP contribution >= 0.6 is 0 Å². The summed E-state index contributed by atoms with van der Waals surface area (Å²) in [6, 6.07) is 0. The second kappa shape index (κ2) is 3.82. The predicted molar refractivity (Wildman–Crippen MR) is 19.3 cm³/mol. The molecule has 2 N–H and O–H groups in total. The van der Waals surface area contributed by atoms with Crippen molar-refractivity contribution < 1.29 is 24.4 Å². The third-order valence-electron chi connectivity index (χ3n) is 0.408. The van der Waals surface area contributed by atoms with Gasteiger partial charge in [0, 0.05) is 4.29 Å². The Labute approximate surface area is 50.0 Å². The van der Waals surface area contributed by atoms with Gasteiger partial charge >= 0.3 is 0 Å². The van der Waals surface area contributed by atoms with Crippen LogP contribution in [0.25, 0.3) is 0 Å². The number of hydrogen-bond acceptors (Lipinski definition) is 4. The Bertz CT molecular complexity index is 76.9. The SMILES string of the molecule is C=CC(N)O[Cl+2]([O-])[O-]. The predicted octanol–water partition coefficient (Wildman–Crippen LogP) is -2.44. The molecular formula is C3H6ClNO3. The van der Waals surface area contributed by atoms with Gasteiger partial charge in [-0.1, -0.05) is 6.58 Å². The van der Waals surface area contributed by atoms with Crippen molar-refractivity contribution in [1.29, 1.82) is 0 Å². The van der Waals surface area contributed by atoms with Crippen molar-refractivity contribution in [3.63, 3.8) is 0 Å². The normalized spacial score (nSPS) is 14.0. The molecule has 0 aliphatic rings. The Morgan fingerprint density at radius 1 is 1.75 bits per heavy atom. The molecule has 1 unspecified atom stereocenters. The lowest BCUT2D eigenvalue weighted by Gasteiger charge is -1.95. The van der Waals surface area contributed by atoms with Gasteiger partial charge in [0.25, 0.3) is 10.8 Å². The van der Waals surface area contributed by atoms with Crippen LogP contribution in [-0.2, 0) is 4.29 Å². The first-order valence-electron chi connectivity index (χ1n) is 1.77. The van der Waals surface area contributed by atoms with Crippen molar-refractivity contribution in [2.45, 2.75) is 6.23 Å². The zero-order valence-electron chi connectivity index (χ0n) is 4.04. The molecule has 1 atom stereocenters. The maximum atomic E-state index is 9.58. The summed E-state index contributed by atoms with van der Waals surface area (Å²) in [5, 5.41) is 0. The van der Waals surface area contributed by atoms with Crippen molar-refractivity contribution in [1.82, 2.24) is 0 Å². The minimum atomic E-state index is -2.24. The average Bonchev–Trinajstić information content (AvgIpc) is 1.65. The number of hydrogen-bond donors (Lipinski definition) is 1.